The smallest absolute Gasteiger partial charge is 0.121 e. The highest BCUT2D eigenvalue weighted by Crippen LogP contribution is 2.19. The van der Waals surface area contributed by atoms with Crippen LogP contribution in [0.5, 0.6) is 0 Å². The predicted octanol–water partition coefficient (Wildman–Crippen LogP) is 3.44. The van der Waals surface area contributed by atoms with Crippen molar-refractivity contribution in [3.63, 3.8) is 0 Å². The Morgan fingerprint density at radius 2 is 1.58 bits per heavy atom. The number of halogens is 4. The fourth-order valence-corrected chi connectivity index (χ4v) is 2.84. The Kier molecular flexibility index (Phi) is 3.93. The topological polar surface area (TPSA) is 0 Å². The maximum Gasteiger partial charge on any atom is 0.372 e. The van der Waals surface area contributed by atoms with Crippen LogP contribution in [-0.4, -0.2) is 6.00 Å². The first-order valence-electron chi connectivity index (χ1n) is 3.26. The number of alkyl halides is 1. The van der Waals surface area contributed by atoms with E-state index in [2.05, 4.69) is 15.9 Å². The second kappa shape index (κ2) is 4.34. The summed E-state index contributed by atoms with van der Waals surface area (Å²) in [5.41, 5.74) is 1.18. The quantitative estimate of drug-likeness (QED) is 0.446. The highest BCUT2D eigenvalue weighted by molar-refractivity contribution is 9.08. The number of rotatable bonds is 2. The third-order valence-corrected chi connectivity index (χ3v) is 5.03. The SMILES string of the molecule is Cl[Si](Cl)(Cl)c1ccc(CBr)cc1. The fraction of sp³-hybridized carbons (Fsp3) is 0.143. The molecular formula is C7H6BrCl3Si. The van der Waals surface area contributed by atoms with Gasteiger partial charge in [-0.1, -0.05) is 40.2 Å². The van der Waals surface area contributed by atoms with Crippen molar-refractivity contribution in [2.24, 2.45) is 0 Å². The van der Waals surface area contributed by atoms with Crippen molar-refractivity contribution in [3.05, 3.63) is 29.8 Å². The first-order chi connectivity index (χ1) is 5.54. The van der Waals surface area contributed by atoms with Crippen LogP contribution >= 0.6 is 49.2 Å². The van der Waals surface area contributed by atoms with Crippen LogP contribution in [-0.2, 0) is 5.33 Å². The Balaban J connectivity index is 2.93. The summed E-state index contributed by atoms with van der Waals surface area (Å²) in [4.78, 5) is 0. The molecule has 0 N–H and O–H groups in total. The monoisotopic (exact) mass is 302 g/mol. The molecule has 0 fully saturated rings. The maximum atomic E-state index is 5.81. The summed E-state index contributed by atoms with van der Waals surface area (Å²) in [6.07, 6.45) is 0. The van der Waals surface area contributed by atoms with Crippen molar-refractivity contribution in [1.82, 2.24) is 0 Å². The fourth-order valence-electron chi connectivity index (χ4n) is 0.783. The lowest BCUT2D eigenvalue weighted by Crippen LogP contribution is -2.29. The van der Waals surface area contributed by atoms with Crippen LogP contribution in [0.2, 0.25) is 0 Å². The highest BCUT2D eigenvalue weighted by atomic mass is 79.9. The van der Waals surface area contributed by atoms with Gasteiger partial charge in [-0.3, -0.25) is 0 Å². The standard InChI is InChI=1S/C7H6BrCl3Si/c8-5-6-1-3-7(4-2-6)12(9,10)11/h1-4H,5H2. The van der Waals surface area contributed by atoms with Crippen molar-refractivity contribution >= 4 is 60.4 Å². The van der Waals surface area contributed by atoms with E-state index in [0.29, 0.717) is 0 Å². The van der Waals surface area contributed by atoms with Crippen molar-refractivity contribution < 1.29 is 0 Å². The van der Waals surface area contributed by atoms with Crippen LogP contribution in [0, 0.1) is 0 Å². The summed E-state index contributed by atoms with van der Waals surface area (Å²) in [6, 6.07) is 4.99. The lowest BCUT2D eigenvalue weighted by molar-refractivity contribution is 1.45. The Hall–Kier alpha value is 0.787. The van der Waals surface area contributed by atoms with Gasteiger partial charge >= 0.3 is 6.00 Å². The van der Waals surface area contributed by atoms with Crippen molar-refractivity contribution in [2.45, 2.75) is 5.33 Å². The van der Waals surface area contributed by atoms with Crippen LogP contribution in [0.4, 0.5) is 0 Å². The predicted molar refractivity (Wildman–Crippen MR) is 62.0 cm³/mol. The van der Waals surface area contributed by atoms with E-state index in [0.717, 1.165) is 10.5 Å². The zero-order valence-corrected chi connectivity index (χ0v) is 10.9. The number of benzene rings is 1. The molecule has 12 heavy (non-hydrogen) atoms. The Labute approximate surface area is 95.1 Å². The van der Waals surface area contributed by atoms with Gasteiger partial charge in [-0.25, -0.2) is 0 Å². The van der Waals surface area contributed by atoms with E-state index in [1.54, 1.807) is 0 Å². The first kappa shape index (κ1) is 10.9. The minimum atomic E-state index is -2.67. The van der Waals surface area contributed by atoms with E-state index >= 15 is 0 Å². The third-order valence-electron chi connectivity index (χ3n) is 1.44. The van der Waals surface area contributed by atoms with Gasteiger partial charge in [0, 0.05) is 5.33 Å². The molecule has 1 aromatic carbocycles. The van der Waals surface area contributed by atoms with Crippen LogP contribution in [0.3, 0.4) is 0 Å². The van der Waals surface area contributed by atoms with E-state index in [1.807, 2.05) is 24.3 Å². The van der Waals surface area contributed by atoms with E-state index in [1.165, 1.54) is 5.56 Å². The lowest BCUT2D eigenvalue weighted by Gasteiger charge is -2.07. The second-order valence-electron chi connectivity index (χ2n) is 2.33. The largest absolute Gasteiger partial charge is 0.372 e. The first-order valence-corrected chi connectivity index (χ1v) is 9.42. The summed E-state index contributed by atoms with van der Waals surface area (Å²) >= 11 is 20.8. The van der Waals surface area contributed by atoms with E-state index in [9.17, 15) is 0 Å². The Morgan fingerprint density at radius 1 is 1.08 bits per heavy atom. The normalized spacial score (nSPS) is 11.7. The molecule has 66 valence electrons. The molecule has 0 unspecified atom stereocenters. The summed E-state index contributed by atoms with van der Waals surface area (Å²) in [5.74, 6) is 0. The molecule has 0 aliphatic carbocycles. The number of hydrogen-bond donors (Lipinski definition) is 0. The van der Waals surface area contributed by atoms with Crippen molar-refractivity contribution in [3.8, 4) is 0 Å². The summed E-state index contributed by atoms with van der Waals surface area (Å²) < 4.78 is 0. The molecule has 5 heteroatoms. The van der Waals surface area contributed by atoms with Gasteiger partial charge in [-0.15, -0.1) is 33.2 Å². The zero-order chi connectivity index (χ0) is 9.19. The van der Waals surface area contributed by atoms with Gasteiger partial charge in [0.15, 0.2) is 0 Å². The van der Waals surface area contributed by atoms with Crippen molar-refractivity contribution in [1.29, 1.82) is 0 Å². The molecule has 0 saturated heterocycles. The van der Waals surface area contributed by atoms with Crippen LogP contribution in [0.25, 0.3) is 0 Å². The molecule has 0 aliphatic heterocycles. The van der Waals surface area contributed by atoms with E-state index in [4.69, 9.17) is 33.2 Å². The van der Waals surface area contributed by atoms with Gasteiger partial charge in [-0.05, 0) is 10.8 Å². The molecule has 0 bridgehead atoms. The van der Waals surface area contributed by atoms with Gasteiger partial charge in [0.1, 0.15) is 0 Å². The van der Waals surface area contributed by atoms with Crippen LogP contribution < -0.4 is 5.19 Å². The van der Waals surface area contributed by atoms with Gasteiger partial charge in [0.25, 0.3) is 0 Å². The zero-order valence-electron chi connectivity index (χ0n) is 6.03. The van der Waals surface area contributed by atoms with Crippen LogP contribution in [0.1, 0.15) is 5.56 Å². The molecule has 0 aromatic heterocycles. The molecule has 0 nitrogen and oxygen atoms in total. The maximum absolute atomic E-state index is 5.81. The molecule has 1 aromatic rings. The van der Waals surface area contributed by atoms with Crippen LogP contribution in [0.15, 0.2) is 24.3 Å². The Morgan fingerprint density at radius 3 is 1.92 bits per heavy atom. The summed E-state index contributed by atoms with van der Waals surface area (Å²) in [6.45, 7) is 0. The average molecular weight is 304 g/mol. The van der Waals surface area contributed by atoms with E-state index in [-0.39, 0.29) is 0 Å². The van der Waals surface area contributed by atoms with Gasteiger partial charge < -0.3 is 0 Å². The number of hydrogen-bond acceptors (Lipinski definition) is 0. The molecule has 0 heterocycles. The molecule has 0 radical (unpaired) electrons. The molecule has 0 spiro atoms. The lowest BCUT2D eigenvalue weighted by atomic mass is 10.2. The molecule has 1 rings (SSSR count). The molecule has 0 amide bonds. The highest BCUT2D eigenvalue weighted by Gasteiger charge is 2.27. The molecular weight excluding hydrogens is 298 g/mol. The second-order valence-corrected chi connectivity index (χ2v) is 11.3. The van der Waals surface area contributed by atoms with Gasteiger partial charge in [0.05, 0.1) is 0 Å². The Bertz CT molecular complexity index is 254. The van der Waals surface area contributed by atoms with Gasteiger partial charge in [0.2, 0.25) is 0 Å². The molecule has 0 saturated carbocycles. The summed E-state index contributed by atoms with van der Waals surface area (Å²) in [7, 11) is 0. The minimum absolute atomic E-state index is 0.828. The summed E-state index contributed by atoms with van der Waals surface area (Å²) in [5, 5.41) is 1.66. The van der Waals surface area contributed by atoms with Crippen molar-refractivity contribution in [2.75, 3.05) is 0 Å². The average Bonchev–Trinajstić information content (AvgIpc) is 2.03. The minimum Gasteiger partial charge on any atom is -0.121 e. The van der Waals surface area contributed by atoms with E-state index < -0.39 is 6.00 Å². The molecule has 0 aliphatic rings. The molecule has 0 atom stereocenters. The van der Waals surface area contributed by atoms with Gasteiger partial charge in [-0.2, -0.15) is 0 Å². The third kappa shape index (κ3) is 2.93.